The fourth-order valence-electron chi connectivity index (χ4n) is 2.16. The molecule has 0 aliphatic carbocycles. The zero-order chi connectivity index (χ0) is 15.2. The molecule has 0 spiro atoms. The van der Waals surface area contributed by atoms with Crippen molar-refractivity contribution in [2.45, 2.75) is 12.5 Å². The Morgan fingerprint density at radius 1 is 1.24 bits per heavy atom. The van der Waals surface area contributed by atoms with Crippen LogP contribution in [-0.2, 0) is 11.2 Å². The summed E-state index contributed by atoms with van der Waals surface area (Å²) in [7, 11) is 0. The number of nitro groups is 1. The Hall–Kier alpha value is -2.40. The molecule has 108 valence electrons. The number of benzene rings is 2. The number of carbonyl (C=O) groups excluding carboxylic acids is 1. The van der Waals surface area contributed by atoms with Crippen molar-refractivity contribution in [3.8, 4) is 0 Å². The molecule has 0 radical (unpaired) electrons. The Labute approximate surface area is 126 Å². The average molecular weight is 305 g/mol. The van der Waals surface area contributed by atoms with Crippen molar-refractivity contribution >= 4 is 23.7 Å². The minimum absolute atomic E-state index is 0.00645. The first-order valence-electron chi connectivity index (χ1n) is 6.29. The van der Waals surface area contributed by atoms with Gasteiger partial charge in [-0.2, -0.15) is 0 Å². The molecule has 1 N–H and O–H groups in total. The molecule has 0 saturated carbocycles. The van der Waals surface area contributed by atoms with Gasteiger partial charge in [0.15, 0.2) is 0 Å². The number of nitrogens with zero attached hydrogens (tertiary/aromatic N) is 1. The van der Waals surface area contributed by atoms with E-state index in [0.29, 0.717) is 23.4 Å². The number of nitrogens with one attached hydrogen (secondary N) is 1. The highest BCUT2D eigenvalue weighted by Crippen LogP contribution is 2.27. The number of rotatable bonds is 6. The molecule has 2 aromatic rings. The third-order valence-electron chi connectivity index (χ3n) is 3.13. The standard InChI is InChI=1S/C15H13ClN2O3/c16-13-6-7-15(18(20)21)12(8-13)9-14(17-10-19)11-4-2-1-3-5-11/h1-8,10,14H,9H2,(H,17,19)/t14-/m1/s1. The van der Waals surface area contributed by atoms with Crippen LogP contribution in [0, 0.1) is 10.1 Å². The van der Waals surface area contributed by atoms with E-state index in [1.54, 1.807) is 6.07 Å². The summed E-state index contributed by atoms with van der Waals surface area (Å²) in [6.45, 7) is 0. The number of halogens is 1. The molecule has 0 saturated heterocycles. The van der Waals surface area contributed by atoms with Crippen LogP contribution >= 0.6 is 11.6 Å². The Bertz CT molecular complexity index is 647. The van der Waals surface area contributed by atoms with Gasteiger partial charge in [-0.25, -0.2) is 0 Å². The monoisotopic (exact) mass is 304 g/mol. The van der Waals surface area contributed by atoms with E-state index in [9.17, 15) is 14.9 Å². The molecule has 0 aromatic heterocycles. The van der Waals surface area contributed by atoms with Crippen molar-refractivity contribution in [1.29, 1.82) is 0 Å². The normalized spacial score (nSPS) is 11.7. The molecule has 2 aromatic carbocycles. The van der Waals surface area contributed by atoms with E-state index in [1.807, 2.05) is 30.3 Å². The van der Waals surface area contributed by atoms with Crippen LogP contribution in [0.4, 0.5) is 5.69 Å². The molecule has 0 unspecified atom stereocenters. The summed E-state index contributed by atoms with van der Waals surface area (Å²) in [5.74, 6) is 0. The molecule has 0 bridgehead atoms. The molecule has 0 heterocycles. The van der Waals surface area contributed by atoms with Crippen LogP contribution in [0.2, 0.25) is 5.02 Å². The summed E-state index contributed by atoms with van der Waals surface area (Å²) in [5.41, 5.74) is 1.35. The van der Waals surface area contributed by atoms with Gasteiger partial charge >= 0.3 is 0 Å². The second kappa shape index (κ2) is 6.85. The van der Waals surface area contributed by atoms with E-state index in [-0.39, 0.29) is 11.7 Å². The highest BCUT2D eigenvalue weighted by atomic mass is 35.5. The van der Waals surface area contributed by atoms with Crippen molar-refractivity contribution in [1.82, 2.24) is 5.32 Å². The average Bonchev–Trinajstić information content (AvgIpc) is 2.47. The van der Waals surface area contributed by atoms with Gasteiger partial charge in [-0.05, 0) is 17.7 Å². The lowest BCUT2D eigenvalue weighted by Crippen LogP contribution is -2.22. The van der Waals surface area contributed by atoms with Crippen LogP contribution in [0.1, 0.15) is 17.2 Å². The van der Waals surface area contributed by atoms with E-state index in [4.69, 9.17) is 11.6 Å². The summed E-state index contributed by atoms with van der Waals surface area (Å²) in [6, 6.07) is 13.3. The maximum absolute atomic E-state index is 11.1. The van der Waals surface area contributed by atoms with Gasteiger partial charge in [0.2, 0.25) is 6.41 Å². The second-order valence-electron chi connectivity index (χ2n) is 4.48. The number of hydrogen-bond acceptors (Lipinski definition) is 3. The van der Waals surface area contributed by atoms with Gasteiger partial charge in [0.25, 0.3) is 5.69 Å². The lowest BCUT2D eigenvalue weighted by Gasteiger charge is -2.16. The molecule has 0 aliphatic rings. The molecule has 0 aliphatic heterocycles. The highest BCUT2D eigenvalue weighted by molar-refractivity contribution is 6.30. The Morgan fingerprint density at radius 3 is 2.57 bits per heavy atom. The van der Waals surface area contributed by atoms with Crippen molar-refractivity contribution in [2.75, 3.05) is 0 Å². The first-order chi connectivity index (χ1) is 10.1. The molecule has 1 atom stereocenters. The number of carbonyl (C=O) groups is 1. The molecule has 21 heavy (non-hydrogen) atoms. The zero-order valence-electron chi connectivity index (χ0n) is 11.0. The molecule has 6 heteroatoms. The molecule has 0 fully saturated rings. The van der Waals surface area contributed by atoms with Crippen LogP contribution in [0.15, 0.2) is 48.5 Å². The lowest BCUT2D eigenvalue weighted by atomic mass is 9.98. The van der Waals surface area contributed by atoms with Crippen LogP contribution in [-0.4, -0.2) is 11.3 Å². The maximum atomic E-state index is 11.1. The summed E-state index contributed by atoms with van der Waals surface area (Å²) in [5, 5.41) is 14.2. The Balaban J connectivity index is 2.35. The van der Waals surface area contributed by atoms with Gasteiger partial charge in [0, 0.05) is 23.1 Å². The maximum Gasteiger partial charge on any atom is 0.272 e. The number of hydrogen-bond donors (Lipinski definition) is 1. The fraction of sp³-hybridized carbons (Fsp3) is 0.133. The molecule has 5 nitrogen and oxygen atoms in total. The quantitative estimate of drug-likeness (QED) is 0.505. The summed E-state index contributed by atoms with van der Waals surface area (Å²) >= 11 is 5.92. The smallest absolute Gasteiger partial charge is 0.272 e. The lowest BCUT2D eigenvalue weighted by molar-refractivity contribution is -0.385. The van der Waals surface area contributed by atoms with E-state index in [0.717, 1.165) is 5.56 Å². The van der Waals surface area contributed by atoms with E-state index >= 15 is 0 Å². The third kappa shape index (κ3) is 3.79. The highest BCUT2D eigenvalue weighted by Gasteiger charge is 2.19. The van der Waals surface area contributed by atoms with Gasteiger partial charge < -0.3 is 5.32 Å². The fourth-order valence-corrected chi connectivity index (χ4v) is 2.35. The SMILES string of the molecule is O=CN[C@H](Cc1cc(Cl)ccc1[N+](=O)[O-])c1ccccc1. The van der Waals surface area contributed by atoms with Gasteiger partial charge in [-0.15, -0.1) is 0 Å². The Morgan fingerprint density at radius 2 is 1.95 bits per heavy atom. The summed E-state index contributed by atoms with van der Waals surface area (Å²) in [4.78, 5) is 21.4. The van der Waals surface area contributed by atoms with E-state index in [2.05, 4.69) is 5.32 Å². The van der Waals surface area contributed by atoms with Crippen LogP contribution in [0.3, 0.4) is 0 Å². The van der Waals surface area contributed by atoms with E-state index < -0.39 is 4.92 Å². The van der Waals surface area contributed by atoms with Crippen LogP contribution < -0.4 is 5.32 Å². The number of amides is 1. The summed E-state index contributed by atoms with van der Waals surface area (Å²) < 4.78 is 0. The second-order valence-corrected chi connectivity index (χ2v) is 4.92. The van der Waals surface area contributed by atoms with E-state index in [1.165, 1.54) is 12.1 Å². The van der Waals surface area contributed by atoms with Crippen molar-refractivity contribution in [2.24, 2.45) is 0 Å². The Kier molecular flexibility index (Phi) is 4.90. The number of nitro benzene ring substituents is 1. The molecule has 1 amide bonds. The largest absolute Gasteiger partial charge is 0.352 e. The zero-order valence-corrected chi connectivity index (χ0v) is 11.8. The predicted molar refractivity (Wildman–Crippen MR) is 80.2 cm³/mol. The molecular weight excluding hydrogens is 292 g/mol. The minimum Gasteiger partial charge on any atom is -0.352 e. The van der Waals surface area contributed by atoms with Crippen LogP contribution in [0.25, 0.3) is 0 Å². The van der Waals surface area contributed by atoms with Gasteiger partial charge in [0.1, 0.15) is 0 Å². The van der Waals surface area contributed by atoms with Gasteiger partial charge in [-0.3, -0.25) is 14.9 Å². The molecule has 2 rings (SSSR count). The first kappa shape index (κ1) is 15.0. The summed E-state index contributed by atoms with van der Waals surface area (Å²) in [6.07, 6.45) is 0.883. The van der Waals surface area contributed by atoms with Gasteiger partial charge in [0.05, 0.1) is 11.0 Å². The predicted octanol–water partition coefficient (Wildman–Crippen LogP) is 3.28. The molecular formula is C15H13ClN2O3. The van der Waals surface area contributed by atoms with Crippen molar-refractivity contribution in [3.63, 3.8) is 0 Å². The topological polar surface area (TPSA) is 72.2 Å². The van der Waals surface area contributed by atoms with Crippen LogP contribution in [0.5, 0.6) is 0 Å². The third-order valence-corrected chi connectivity index (χ3v) is 3.37. The van der Waals surface area contributed by atoms with Crippen molar-refractivity contribution in [3.05, 3.63) is 74.8 Å². The minimum atomic E-state index is -0.450. The van der Waals surface area contributed by atoms with Gasteiger partial charge in [-0.1, -0.05) is 41.9 Å². The van der Waals surface area contributed by atoms with Crippen molar-refractivity contribution < 1.29 is 9.72 Å². The first-order valence-corrected chi connectivity index (χ1v) is 6.67.